The number of carbonyl (C=O) groups excluding carboxylic acids is 4. The van der Waals surface area contributed by atoms with Crippen molar-refractivity contribution in [3.63, 3.8) is 0 Å². The molecule has 1 fully saturated rings. The second-order valence-electron chi connectivity index (χ2n) is 8.11. The van der Waals surface area contributed by atoms with Crippen molar-refractivity contribution < 1.29 is 33.4 Å². The van der Waals surface area contributed by atoms with Crippen molar-refractivity contribution in [2.24, 2.45) is 5.92 Å². The topological polar surface area (TPSA) is 99.2 Å². The van der Waals surface area contributed by atoms with E-state index in [-0.39, 0.29) is 24.7 Å². The molecule has 1 amide bonds. The molecule has 2 atom stereocenters. The van der Waals surface area contributed by atoms with Crippen molar-refractivity contribution in [1.29, 1.82) is 0 Å². The molecule has 3 rings (SSSR count). The Morgan fingerprint density at radius 1 is 1.03 bits per heavy atom. The van der Waals surface area contributed by atoms with Crippen LogP contribution in [0, 0.1) is 5.92 Å². The molecule has 0 bridgehead atoms. The first-order valence-electron chi connectivity index (χ1n) is 11.3. The smallest absolute Gasteiger partial charge is 0.338 e. The lowest BCUT2D eigenvalue weighted by atomic mass is 10.1. The summed E-state index contributed by atoms with van der Waals surface area (Å²) in [7, 11) is 1.53. The predicted octanol–water partition coefficient (Wildman–Crippen LogP) is 3.82. The zero-order chi connectivity index (χ0) is 24.7. The van der Waals surface area contributed by atoms with Crippen molar-refractivity contribution in [2.45, 2.75) is 39.2 Å². The van der Waals surface area contributed by atoms with Gasteiger partial charge in [-0.25, -0.2) is 4.79 Å². The average Bonchev–Trinajstić information content (AvgIpc) is 3.25. The van der Waals surface area contributed by atoms with Crippen LogP contribution < -0.4 is 9.64 Å². The highest BCUT2D eigenvalue weighted by molar-refractivity contribution is 6.02. The second kappa shape index (κ2) is 11.4. The van der Waals surface area contributed by atoms with Crippen molar-refractivity contribution in [1.82, 2.24) is 0 Å². The number of ether oxygens (including phenoxy) is 3. The summed E-state index contributed by atoms with van der Waals surface area (Å²) in [6.45, 7) is 4.03. The van der Waals surface area contributed by atoms with E-state index in [0.29, 0.717) is 29.2 Å². The van der Waals surface area contributed by atoms with Gasteiger partial charge in [0.05, 0.1) is 25.2 Å². The number of hydrogen-bond acceptors (Lipinski definition) is 7. The van der Waals surface area contributed by atoms with E-state index in [1.54, 1.807) is 48.5 Å². The van der Waals surface area contributed by atoms with Crippen molar-refractivity contribution >= 4 is 29.3 Å². The van der Waals surface area contributed by atoms with Gasteiger partial charge in [0, 0.05) is 24.2 Å². The summed E-state index contributed by atoms with van der Waals surface area (Å²) in [5.41, 5.74) is 1.37. The van der Waals surface area contributed by atoms with Gasteiger partial charge in [0.25, 0.3) is 0 Å². The second-order valence-corrected chi connectivity index (χ2v) is 8.11. The molecule has 2 aromatic rings. The number of hydrogen-bond donors (Lipinski definition) is 0. The summed E-state index contributed by atoms with van der Waals surface area (Å²) in [5, 5.41) is 0. The molecule has 8 nitrogen and oxygen atoms in total. The SMILES string of the molecule is CCCCOC(=O)c1ccc(N2C[C@@H](C(=O)O[C@@H](C)C(=O)c3ccc(OC)cc3)CC2=O)cc1. The number of amides is 1. The van der Waals surface area contributed by atoms with Crippen molar-refractivity contribution in [3.05, 3.63) is 59.7 Å². The Morgan fingerprint density at radius 2 is 1.68 bits per heavy atom. The maximum atomic E-state index is 12.6. The molecule has 34 heavy (non-hydrogen) atoms. The van der Waals surface area contributed by atoms with E-state index in [1.807, 2.05) is 6.92 Å². The highest BCUT2D eigenvalue weighted by Gasteiger charge is 2.37. The van der Waals surface area contributed by atoms with E-state index in [0.717, 1.165) is 12.8 Å². The summed E-state index contributed by atoms with van der Waals surface area (Å²) in [6, 6.07) is 13.0. The summed E-state index contributed by atoms with van der Waals surface area (Å²) < 4.78 is 15.6. The number of ketones is 1. The number of rotatable bonds is 10. The first-order chi connectivity index (χ1) is 16.3. The summed E-state index contributed by atoms with van der Waals surface area (Å²) in [6.07, 6.45) is 0.737. The van der Waals surface area contributed by atoms with Crippen molar-refractivity contribution in [3.8, 4) is 5.75 Å². The predicted molar refractivity (Wildman–Crippen MR) is 125 cm³/mol. The molecule has 1 saturated heterocycles. The standard InChI is InChI=1S/C26H29NO7/c1-4-5-14-33-25(30)19-6-10-21(11-7-19)27-16-20(15-23(27)28)26(31)34-17(2)24(29)18-8-12-22(32-3)13-9-18/h6-13,17,20H,4-5,14-16H2,1-3H3/t17-,20-/m0/s1. The molecule has 0 unspecified atom stereocenters. The Labute approximate surface area is 198 Å². The number of unbranched alkanes of at least 4 members (excludes halogenated alkanes) is 1. The van der Waals surface area contributed by atoms with Gasteiger partial charge in [-0.05, 0) is 61.9 Å². The van der Waals surface area contributed by atoms with Gasteiger partial charge in [-0.1, -0.05) is 13.3 Å². The largest absolute Gasteiger partial charge is 0.497 e. The first-order valence-corrected chi connectivity index (χ1v) is 11.3. The zero-order valence-corrected chi connectivity index (χ0v) is 19.6. The number of Topliss-reactive ketones (excluding diaryl/α,β-unsaturated/α-hetero) is 1. The van der Waals surface area contributed by atoms with Gasteiger partial charge >= 0.3 is 11.9 Å². The fourth-order valence-electron chi connectivity index (χ4n) is 3.60. The number of benzene rings is 2. The Morgan fingerprint density at radius 3 is 2.29 bits per heavy atom. The van der Waals surface area contributed by atoms with Crippen LogP contribution in [0.15, 0.2) is 48.5 Å². The van der Waals surface area contributed by atoms with Crippen LogP contribution in [0.5, 0.6) is 5.75 Å². The maximum absolute atomic E-state index is 12.6. The summed E-state index contributed by atoms with van der Waals surface area (Å²) in [5.74, 6) is -1.64. The summed E-state index contributed by atoms with van der Waals surface area (Å²) in [4.78, 5) is 51.3. The first kappa shape index (κ1) is 25.0. The molecule has 0 N–H and O–H groups in total. The van der Waals surface area contributed by atoms with Gasteiger partial charge < -0.3 is 19.1 Å². The Balaban J connectivity index is 1.57. The Bertz CT molecular complexity index is 1030. The molecule has 0 aliphatic carbocycles. The molecular formula is C26H29NO7. The van der Waals surface area contributed by atoms with Crippen LogP contribution in [0.3, 0.4) is 0 Å². The minimum atomic E-state index is -0.983. The summed E-state index contributed by atoms with van der Waals surface area (Å²) >= 11 is 0. The van der Waals surface area contributed by atoms with Crippen LogP contribution in [0.25, 0.3) is 0 Å². The molecule has 0 spiro atoms. The monoisotopic (exact) mass is 467 g/mol. The zero-order valence-electron chi connectivity index (χ0n) is 19.6. The molecule has 0 radical (unpaired) electrons. The number of nitrogens with zero attached hydrogens (tertiary/aromatic N) is 1. The van der Waals surface area contributed by atoms with Gasteiger partial charge in [0.15, 0.2) is 6.10 Å². The van der Waals surface area contributed by atoms with Gasteiger partial charge in [-0.3, -0.25) is 14.4 Å². The van der Waals surface area contributed by atoms with Gasteiger partial charge in [0.2, 0.25) is 11.7 Å². The fourth-order valence-corrected chi connectivity index (χ4v) is 3.60. The number of methoxy groups -OCH3 is 1. The maximum Gasteiger partial charge on any atom is 0.338 e. The fraction of sp³-hybridized carbons (Fsp3) is 0.385. The van der Waals surface area contributed by atoms with E-state index in [4.69, 9.17) is 14.2 Å². The molecule has 0 saturated carbocycles. The van der Waals surface area contributed by atoms with Gasteiger partial charge in [-0.15, -0.1) is 0 Å². The van der Waals surface area contributed by atoms with E-state index in [2.05, 4.69) is 0 Å². The third-order valence-electron chi connectivity index (χ3n) is 5.64. The minimum Gasteiger partial charge on any atom is -0.497 e. The number of carbonyl (C=O) groups is 4. The molecule has 8 heteroatoms. The lowest BCUT2D eigenvalue weighted by molar-refractivity contribution is -0.151. The number of esters is 2. The average molecular weight is 468 g/mol. The van der Waals surface area contributed by atoms with E-state index < -0.39 is 24.0 Å². The van der Waals surface area contributed by atoms with E-state index in [9.17, 15) is 19.2 Å². The molecule has 1 aliphatic rings. The lowest BCUT2D eigenvalue weighted by Crippen LogP contribution is -2.30. The molecule has 1 aliphatic heterocycles. The van der Waals surface area contributed by atoms with Gasteiger partial charge in [0.1, 0.15) is 5.75 Å². The Kier molecular flexibility index (Phi) is 8.40. The third-order valence-corrected chi connectivity index (χ3v) is 5.64. The minimum absolute atomic E-state index is 0.0108. The normalized spacial score (nSPS) is 16.1. The van der Waals surface area contributed by atoms with E-state index in [1.165, 1.54) is 18.9 Å². The lowest BCUT2D eigenvalue weighted by Gasteiger charge is -2.18. The molecule has 2 aromatic carbocycles. The van der Waals surface area contributed by atoms with Crippen LogP contribution in [-0.4, -0.2) is 50.0 Å². The van der Waals surface area contributed by atoms with Crippen LogP contribution in [0.1, 0.15) is 53.8 Å². The number of anilines is 1. The molecule has 180 valence electrons. The molecule has 0 aromatic heterocycles. The highest BCUT2D eigenvalue weighted by Crippen LogP contribution is 2.27. The van der Waals surface area contributed by atoms with Gasteiger partial charge in [-0.2, -0.15) is 0 Å². The molecular weight excluding hydrogens is 438 g/mol. The third kappa shape index (κ3) is 6.01. The van der Waals surface area contributed by atoms with Crippen LogP contribution in [0.2, 0.25) is 0 Å². The quantitative estimate of drug-likeness (QED) is 0.298. The van der Waals surface area contributed by atoms with Crippen LogP contribution in [-0.2, 0) is 19.1 Å². The van der Waals surface area contributed by atoms with Crippen molar-refractivity contribution in [2.75, 3.05) is 25.2 Å². The van der Waals surface area contributed by atoms with Crippen LogP contribution >= 0.6 is 0 Å². The highest BCUT2D eigenvalue weighted by atomic mass is 16.5. The van der Waals surface area contributed by atoms with Crippen LogP contribution in [0.4, 0.5) is 5.69 Å². The Hall–Kier alpha value is -3.68. The van der Waals surface area contributed by atoms with E-state index >= 15 is 0 Å². The molecule has 1 heterocycles.